The maximum atomic E-state index is 12.9. The van der Waals surface area contributed by atoms with Crippen molar-refractivity contribution in [2.75, 3.05) is 31.5 Å². The van der Waals surface area contributed by atoms with Crippen LogP contribution in [0.15, 0.2) is 48.5 Å². The first-order valence-electron chi connectivity index (χ1n) is 10.6. The van der Waals surface area contributed by atoms with Crippen molar-refractivity contribution in [3.05, 3.63) is 76.1 Å². The Hall–Kier alpha value is -3.32. The van der Waals surface area contributed by atoms with E-state index in [1.807, 2.05) is 57.2 Å². The average Bonchev–Trinajstić information content (AvgIpc) is 3.06. The third-order valence-corrected chi connectivity index (χ3v) is 6.23. The van der Waals surface area contributed by atoms with Gasteiger partial charge >= 0.3 is 6.03 Å². The Morgan fingerprint density at radius 2 is 1.59 bits per heavy atom. The van der Waals surface area contributed by atoms with E-state index in [1.165, 1.54) is 0 Å². The van der Waals surface area contributed by atoms with E-state index in [4.69, 9.17) is 11.6 Å². The van der Waals surface area contributed by atoms with E-state index < -0.39 is 0 Å². The van der Waals surface area contributed by atoms with Crippen LogP contribution in [0.3, 0.4) is 0 Å². The fourth-order valence-electron chi connectivity index (χ4n) is 3.84. The molecule has 0 radical (unpaired) electrons. The molecule has 3 amide bonds. The third kappa shape index (κ3) is 4.48. The number of nitrogens with zero attached hydrogens (tertiary/aromatic N) is 4. The monoisotopic (exact) mass is 451 g/mol. The molecule has 1 saturated heterocycles. The van der Waals surface area contributed by atoms with Gasteiger partial charge in [0.1, 0.15) is 0 Å². The first kappa shape index (κ1) is 21.9. The molecule has 32 heavy (non-hydrogen) atoms. The number of aromatic nitrogens is 2. The van der Waals surface area contributed by atoms with E-state index in [0.717, 1.165) is 28.3 Å². The van der Waals surface area contributed by atoms with Crippen LogP contribution in [0.5, 0.6) is 0 Å². The summed E-state index contributed by atoms with van der Waals surface area (Å²) in [7, 11) is 0. The van der Waals surface area contributed by atoms with Crippen molar-refractivity contribution < 1.29 is 9.59 Å². The van der Waals surface area contributed by atoms with Gasteiger partial charge in [-0.2, -0.15) is 5.10 Å². The summed E-state index contributed by atoms with van der Waals surface area (Å²) in [5, 5.41) is 8.02. The van der Waals surface area contributed by atoms with Crippen molar-refractivity contribution in [3.8, 4) is 5.69 Å². The Balaban J connectivity index is 1.36. The Labute approximate surface area is 192 Å². The highest BCUT2D eigenvalue weighted by atomic mass is 35.5. The van der Waals surface area contributed by atoms with E-state index in [1.54, 1.807) is 26.6 Å². The minimum Gasteiger partial charge on any atom is -0.335 e. The smallest absolute Gasteiger partial charge is 0.321 e. The van der Waals surface area contributed by atoms with Gasteiger partial charge in [0.2, 0.25) is 0 Å². The molecule has 1 aliphatic rings. The van der Waals surface area contributed by atoms with Crippen LogP contribution in [-0.4, -0.2) is 57.7 Å². The highest BCUT2D eigenvalue weighted by molar-refractivity contribution is 6.31. The van der Waals surface area contributed by atoms with Gasteiger partial charge in [-0.15, -0.1) is 0 Å². The second-order valence-electron chi connectivity index (χ2n) is 8.02. The number of aryl methyl sites for hydroxylation is 2. The maximum absolute atomic E-state index is 12.9. The zero-order valence-electron chi connectivity index (χ0n) is 18.4. The number of rotatable bonds is 3. The molecule has 4 rings (SSSR count). The molecule has 0 spiro atoms. The molecule has 0 unspecified atom stereocenters. The van der Waals surface area contributed by atoms with Crippen molar-refractivity contribution in [2.24, 2.45) is 0 Å². The third-order valence-electron chi connectivity index (χ3n) is 5.69. The van der Waals surface area contributed by atoms with Gasteiger partial charge in [0, 0.05) is 37.4 Å². The number of benzene rings is 2. The highest BCUT2D eigenvalue weighted by Crippen LogP contribution is 2.23. The van der Waals surface area contributed by atoms with Gasteiger partial charge in [0.25, 0.3) is 5.91 Å². The zero-order valence-corrected chi connectivity index (χ0v) is 19.2. The van der Waals surface area contributed by atoms with Crippen LogP contribution in [-0.2, 0) is 0 Å². The average molecular weight is 452 g/mol. The molecule has 0 atom stereocenters. The molecule has 0 aliphatic carbocycles. The van der Waals surface area contributed by atoms with Gasteiger partial charge in [-0.3, -0.25) is 4.79 Å². The molecule has 1 aromatic heterocycles. The summed E-state index contributed by atoms with van der Waals surface area (Å²) in [5.41, 5.74) is 4.96. The Morgan fingerprint density at radius 1 is 0.938 bits per heavy atom. The van der Waals surface area contributed by atoms with Crippen LogP contribution in [0.1, 0.15) is 27.3 Å². The van der Waals surface area contributed by atoms with Crippen molar-refractivity contribution in [3.63, 3.8) is 0 Å². The normalized spacial score (nSPS) is 13.9. The van der Waals surface area contributed by atoms with Crippen molar-refractivity contribution in [1.82, 2.24) is 19.6 Å². The lowest BCUT2D eigenvalue weighted by molar-refractivity contribution is 0.0671. The van der Waals surface area contributed by atoms with Gasteiger partial charge < -0.3 is 15.1 Å². The van der Waals surface area contributed by atoms with Crippen LogP contribution >= 0.6 is 11.6 Å². The number of halogens is 1. The molecule has 7 nitrogen and oxygen atoms in total. The number of carbonyl (C=O) groups is 2. The SMILES string of the molecule is Cc1cccc(NC(=O)N2CCN(C(=O)c3ccc(-n4nc(C)c(Cl)c4C)cc3)CC2)c1. The number of piperazine rings is 1. The molecule has 8 heteroatoms. The van der Waals surface area contributed by atoms with Crippen LogP contribution in [0.4, 0.5) is 10.5 Å². The Kier molecular flexibility index (Phi) is 6.19. The van der Waals surface area contributed by atoms with Gasteiger partial charge in [0.05, 0.1) is 22.1 Å². The maximum Gasteiger partial charge on any atom is 0.321 e. The number of hydrogen-bond acceptors (Lipinski definition) is 3. The van der Waals surface area contributed by atoms with E-state index in [-0.39, 0.29) is 11.9 Å². The topological polar surface area (TPSA) is 70.5 Å². The Bertz CT molecular complexity index is 1150. The number of anilines is 1. The fraction of sp³-hybridized carbons (Fsp3) is 0.292. The zero-order chi connectivity index (χ0) is 22.8. The van der Waals surface area contributed by atoms with Crippen molar-refractivity contribution >= 4 is 29.2 Å². The minimum atomic E-state index is -0.143. The number of nitrogens with one attached hydrogen (secondary N) is 1. The lowest BCUT2D eigenvalue weighted by Crippen LogP contribution is -2.51. The predicted octanol–water partition coefficient (Wildman–Crippen LogP) is 4.44. The molecular formula is C24H26ClN5O2. The summed E-state index contributed by atoms with van der Waals surface area (Å²) >= 11 is 6.24. The number of amides is 3. The van der Waals surface area contributed by atoms with Gasteiger partial charge in [0.15, 0.2) is 0 Å². The molecule has 166 valence electrons. The van der Waals surface area contributed by atoms with Crippen LogP contribution in [0.2, 0.25) is 5.02 Å². The number of carbonyl (C=O) groups excluding carboxylic acids is 2. The standard InChI is InChI=1S/C24H26ClN5O2/c1-16-5-4-6-20(15-16)26-24(32)29-13-11-28(12-14-29)23(31)19-7-9-21(10-8-19)30-18(3)22(25)17(2)27-30/h4-10,15H,11-14H2,1-3H3,(H,26,32). The van der Waals surface area contributed by atoms with E-state index >= 15 is 0 Å². The first-order chi connectivity index (χ1) is 15.3. The first-order valence-corrected chi connectivity index (χ1v) is 11.0. The minimum absolute atomic E-state index is 0.0401. The molecule has 1 aliphatic heterocycles. The Morgan fingerprint density at radius 3 is 2.19 bits per heavy atom. The molecule has 2 aromatic carbocycles. The summed E-state index contributed by atoms with van der Waals surface area (Å²) in [5.74, 6) is -0.0401. The van der Waals surface area contributed by atoms with Crippen LogP contribution < -0.4 is 5.32 Å². The fourth-order valence-corrected chi connectivity index (χ4v) is 3.96. The molecule has 1 fully saturated rings. The molecule has 0 bridgehead atoms. The van der Waals surface area contributed by atoms with E-state index in [0.29, 0.717) is 36.8 Å². The van der Waals surface area contributed by atoms with Crippen LogP contribution in [0.25, 0.3) is 5.69 Å². The predicted molar refractivity (Wildman–Crippen MR) is 126 cm³/mol. The summed E-state index contributed by atoms with van der Waals surface area (Å²) in [6.45, 7) is 7.74. The largest absolute Gasteiger partial charge is 0.335 e. The van der Waals surface area contributed by atoms with Crippen LogP contribution in [0, 0.1) is 20.8 Å². The van der Waals surface area contributed by atoms with Crippen molar-refractivity contribution in [1.29, 1.82) is 0 Å². The number of hydrogen-bond donors (Lipinski definition) is 1. The summed E-state index contributed by atoms with van der Waals surface area (Å²) in [6.07, 6.45) is 0. The summed E-state index contributed by atoms with van der Waals surface area (Å²) in [6, 6.07) is 14.9. The summed E-state index contributed by atoms with van der Waals surface area (Å²) in [4.78, 5) is 29.0. The van der Waals surface area contributed by atoms with E-state index in [2.05, 4.69) is 10.4 Å². The van der Waals surface area contributed by atoms with Gasteiger partial charge in [-0.1, -0.05) is 23.7 Å². The van der Waals surface area contributed by atoms with E-state index in [9.17, 15) is 9.59 Å². The number of urea groups is 1. The highest BCUT2D eigenvalue weighted by Gasteiger charge is 2.25. The lowest BCUT2D eigenvalue weighted by Gasteiger charge is -2.34. The lowest BCUT2D eigenvalue weighted by atomic mass is 10.1. The quantitative estimate of drug-likeness (QED) is 0.639. The summed E-state index contributed by atoms with van der Waals surface area (Å²) < 4.78 is 1.78. The van der Waals surface area contributed by atoms with Gasteiger partial charge in [-0.05, 0) is 62.7 Å². The molecule has 0 saturated carbocycles. The molecule has 3 aromatic rings. The second-order valence-corrected chi connectivity index (χ2v) is 8.40. The molecular weight excluding hydrogens is 426 g/mol. The molecule has 1 N–H and O–H groups in total. The second kappa shape index (κ2) is 9.04. The molecule has 2 heterocycles. The van der Waals surface area contributed by atoms with Crippen molar-refractivity contribution in [2.45, 2.75) is 20.8 Å². The van der Waals surface area contributed by atoms with Gasteiger partial charge in [-0.25, -0.2) is 9.48 Å².